The average molecular weight is 635 g/mol. The van der Waals surface area contributed by atoms with Gasteiger partial charge in [-0.15, -0.1) is 0 Å². The number of rotatable bonds is 3. The van der Waals surface area contributed by atoms with Gasteiger partial charge in [-0.2, -0.15) is 0 Å². The van der Waals surface area contributed by atoms with Crippen molar-refractivity contribution in [3.05, 3.63) is 147 Å². The minimum Gasteiger partial charge on any atom is -0.311 e. The Morgan fingerprint density at radius 1 is 0.449 bits per heavy atom. The molecule has 2 heterocycles. The number of fused-ring (bicyclic) bond motifs is 5. The lowest BCUT2D eigenvalue weighted by Gasteiger charge is -2.46. The molecular formula is C46H43BN2. The fourth-order valence-electron chi connectivity index (χ4n) is 9.55. The summed E-state index contributed by atoms with van der Waals surface area (Å²) in [6, 6.07) is 37.6. The second kappa shape index (κ2) is 11.0. The molecule has 6 aromatic carbocycles. The molecular weight excluding hydrogens is 591 g/mol. The van der Waals surface area contributed by atoms with Crippen LogP contribution in [0, 0.1) is 48.5 Å². The van der Waals surface area contributed by atoms with Crippen molar-refractivity contribution in [1.82, 2.24) is 0 Å². The molecule has 240 valence electrons. The van der Waals surface area contributed by atoms with Gasteiger partial charge in [-0.1, -0.05) is 83.9 Å². The fourth-order valence-corrected chi connectivity index (χ4v) is 9.55. The van der Waals surface area contributed by atoms with Crippen molar-refractivity contribution < 1.29 is 0 Å². The zero-order chi connectivity index (χ0) is 33.7. The summed E-state index contributed by atoms with van der Waals surface area (Å²) < 4.78 is 0. The van der Waals surface area contributed by atoms with E-state index in [2.05, 4.69) is 155 Å². The first-order valence-electron chi connectivity index (χ1n) is 17.9. The predicted molar refractivity (Wildman–Crippen MR) is 211 cm³/mol. The number of nitrogens with zero attached hydrogens (tertiary/aromatic N) is 2. The maximum atomic E-state index is 2.64. The van der Waals surface area contributed by atoms with Gasteiger partial charge in [0.25, 0.3) is 6.71 Å². The zero-order valence-corrected chi connectivity index (χ0v) is 29.8. The molecule has 2 aliphatic heterocycles. The molecule has 0 spiro atoms. The quantitative estimate of drug-likeness (QED) is 0.179. The van der Waals surface area contributed by atoms with Crippen LogP contribution in [0.25, 0.3) is 11.1 Å². The largest absolute Gasteiger partial charge is 0.311 e. The average Bonchev–Trinajstić information content (AvgIpc) is 3.52. The second-order valence-electron chi connectivity index (χ2n) is 15.0. The van der Waals surface area contributed by atoms with E-state index in [9.17, 15) is 0 Å². The van der Waals surface area contributed by atoms with Crippen LogP contribution in [-0.2, 0) is 12.8 Å². The number of hydrogen-bond acceptors (Lipinski definition) is 2. The highest BCUT2D eigenvalue weighted by Crippen LogP contribution is 2.48. The van der Waals surface area contributed by atoms with E-state index in [1.165, 1.54) is 118 Å². The highest BCUT2D eigenvalue weighted by atomic mass is 15.2. The van der Waals surface area contributed by atoms with E-state index in [1.807, 2.05) is 0 Å². The molecule has 0 radical (unpaired) electrons. The molecule has 0 aromatic heterocycles. The molecule has 0 atom stereocenters. The molecule has 3 aliphatic rings. The summed E-state index contributed by atoms with van der Waals surface area (Å²) in [6.45, 7) is 16.0. The molecule has 49 heavy (non-hydrogen) atoms. The summed E-state index contributed by atoms with van der Waals surface area (Å²) in [6.07, 6.45) is 3.56. The number of benzene rings is 6. The molecule has 3 heteroatoms. The van der Waals surface area contributed by atoms with Gasteiger partial charge in [0.15, 0.2) is 0 Å². The van der Waals surface area contributed by atoms with Gasteiger partial charge in [0.05, 0.1) is 11.4 Å². The summed E-state index contributed by atoms with van der Waals surface area (Å²) >= 11 is 0. The van der Waals surface area contributed by atoms with Crippen LogP contribution < -0.4 is 26.2 Å². The van der Waals surface area contributed by atoms with Crippen LogP contribution >= 0.6 is 0 Å². The third kappa shape index (κ3) is 4.55. The first-order valence-corrected chi connectivity index (χ1v) is 17.9. The minimum absolute atomic E-state index is 0.120. The Bertz CT molecular complexity index is 2300. The maximum Gasteiger partial charge on any atom is 0.252 e. The van der Waals surface area contributed by atoms with Gasteiger partial charge in [0.2, 0.25) is 0 Å². The minimum atomic E-state index is 0.120. The molecule has 0 saturated carbocycles. The Hall–Kier alpha value is -5.02. The third-order valence-corrected chi connectivity index (χ3v) is 11.2. The molecule has 0 fully saturated rings. The Kier molecular flexibility index (Phi) is 6.75. The lowest BCUT2D eigenvalue weighted by Crippen LogP contribution is -2.61. The van der Waals surface area contributed by atoms with Crippen molar-refractivity contribution in [2.24, 2.45) is 0 Å². The molecule has 9 rings (SSSR count). The van der Waals surface area contributed by atoms with E-state index >= 15 is 0 Å². The summed E-state index contributed by atoms with van der Waals surface area (Å²) in [4.78, 5) is 5.24. The predicted octanol–water partition coefficient (Wildman–Crippen LogP) is 10.1. The van der Waals surface area contributed by atoms with Crippen molar-refractivity contribution in [3.8, 4) is 11.1 Å². The third-order valence-electron chi connectivity index (χ3n) is 11.2. The van der Waals surface area contributed by atoms with Crippen molar-refractivity contribution >= 4 is 57.2 Å². The highest BCUT2D eigenvalue weighted by Gasteiger charge is 2.45. The van der Waals surface area contributed by atoms with Gasteiger partial charge >= 0.3 is 0 Å². The van der Waals surface area contributed by atoms with Crippen LogP contribution in [0.3, 0.4) is 0 Å². The topological polar surface area (TPSA) is 6.48 Å². The van der Waals surface area contributed by atoms with E-state index in [1.54, 1.807) is 0 Å². The van der Waals surface area contributed by atoms with Gasteiger partial charge in [-0.3, -0.25) is 0 Å². The van der Waals surface area contributed by atoms with Crippen LogP contribution in [-0.4, -0.2) is 6.71 Å². The van der Waals surface area contributed by atoms with E-state index in [0.29, 0.717) is 0 Å². The van der Waals surface area contributed by atoms with E-state index in [0.717, 1.165) is 12.8 Å². The van der Waals surface area contributed by atoms with Crippen molar-refractivity contribution in [3.63, 3.8) is 0 Å². The summed E-state index contributed by atoms with van der Waals surface area (Å²) in [5.74, 6) is 0. The summed E-state index contributed by atoms with van der Waals surface area (Å²) in [5.41, 5.74) is 26.8. The van der Waals surface area contributed by atoms with Gasteiger partial charge < -0.3 is 9.80 Å². The normalized spacial score (nSPS) is 14.1. The SMILES string of the molecule is Cc1cc(C)c(N2c3ccc(-c4ccccc4)cc3B3c4cc5c(cc4N(c4c(C)cc(C)cc4C)c4cc(C)cc2c43)CCC5)c(C)c1. The molecule has 0 N–H and O–H groups in total. The molecule has 0 amide bonds. The highest BCUT2D eigenvalue weighted by molar-refractivity contribution is 7.00. The molecule has 6 aromatic rings. The van der Waals surface area contributed by atoms with Crippen LogP contribution in [0.4, 0.5) is 34.1 Å². The first-order chi connectivity index (χ1) is 23.7. The standard InChI is InChI=1S/C46H43BN2/c1-27-18-30(4)45(31(5)19-27)48-40-17-16-37(34-12-9-8-10-13-34)25-38(40)47-39-24-35-14-11-15-36(35)26-41(39)49(43-23-29(3)22-42(48)44(43)47)46-32(6)20-28(2)21-33(46)7/h8-10,12-13,16-26H,11,14-15H2,1-7H3. The molecule has 2 nitrogen and oxygen atoms in total. The van der Waals surface area contributed by atoms with Crippen molar-refractivity contribution in [2.45, 2.75) is 67.7 Å². The Labute approximate surface area is 292 Å². The lowest BCUT2D eigenvalue weighted by molar-refractivity contribution is 0.912. The number of aryl methyl sites for hydroxylation is 9. The molecule has 0 unspecified atom stereocenters. The van der Waals surface area contributed by atoms with Gasteiger partial charge in [0, 0.05) is 22.7 Å². The first kappa shape index (κ1) is 30.1. The van der Waals surface area contributed by atoms with Crippen LogP contribution in [0.5, 0.6) is 0 Å². The fraction of sp³-hybridized carbons (Fsp3) is 0.217. The van der Waals surface area contributed by atoms with Crippen molar-refractivity contribution in [1.29, 1.82) is 0 Å². The summed E-state index contributed by atoms with van der Waals surface area (Å²) in [5, 5.41) is 0. The van der Waals surface area contributed by atoms with E-state index in [4.69, 9.17) is 0 Å². The van der Waals surface area contributed by atoms with Gasteiger partial charge in [0.1, 0.15) is 0 Å². The molecule has 1 aliphatic carbocycles. The van der Waals surface area contributed by atoms with Crippen LogP contribution in [0.1, 0.15) is 56.5 Å². The smallest absolute Gasteiger partial charge is 0.252 e. The maximum absolute atomic E-state index is 2.64. The van der Waals surface area contributed by atoms with Gasteiger partial charge in [-0.05, 0) is 158 Å². The Morgan fingerprint density at radius 3 is 1.55 bits per heavy atom. The monoisotopic (exact) mass is 634 g/mol. The van der Waals surface area contributed by atoms with Gasteiger partial charge in [-0.25, -0.2) is 0 Å². The van der Waals surface area contributed by atoms with Crippen LogP contribution in [0.15, 0.2) is 97.1 Å². The van der Waals surface area contributed by atoms with E-state index < -0.39 is 0 Å². The number of anilines is 6. The summed E-state index contributed by atoms with van der Waals surface area (Å²) in [7, 11) is 0. The van der Waals surface area contributed by atoms with Crippen LogP contribution in [0.2, 0.25) is 0 Å². The molecule has 0 bridgehead atoms. The lowest BCUT2D eigenvalue weighted by atomic mass is 9.33. The zero-order valence-electron chi connectivity index (χ0n) is 29.8. The van der Waals surface area contributed by atoms with E-state index in [-0.39, 0.29) is 6.71 Å². The second-order valence-corrected chi connectivity index (χ2v) is 15.0. The Morgan fingerprint density at radius 2 is 0.959 bits per heavy atom. The number of hydrogen-bond donors (Lipinski definition) is 0. The molecule has 0 saturated heterocycles. The Balaban J connectivity index is 1.42. The van der Waals surface area contributed by atoms with Crippen molar-refractivity contribution in [2.75, 3.05) is 9.80 Å².